The number of hydrogen-bond donors (Lipinski definition) is 1. The Morgan fingerprint density at radius 1 is 1.14 bits per heavy atom. The van der Waals surface area contributed by atoms with E-state index >= 15 is 0 Å². The van der Waals surface area contributed by atoms with Gasteiger partial charge in [-0.1, -0.05) is 0 Å². The first-order chi connectivity index (χ1) is 2.00. The van der Waals surface area contributed by atoms with Gasteiger partial charge in [-0.15, -0.1) is 0 Å². The van der Waals surface area contributed by atoms with Gasteiger partial charge in [-0.05, 0) is 0 Å². The summed E-state index contributed by atoms with van der Waals surface area (Å²) in [5.41, 5.74) is 0. The molecule has 0 fully saturated rings. The molecule has 0 aromatic heterocycles. The van der Waals surface area contributed by atoms with Gasteiger partial charge in [0.05, 0.1) is 0 Å². The summed E-state index contributed by atoms with van der Waals surface area (Å²) in [7, 11) is 0. The average Bonchev–Trinajstić information content (AvgIpc) is 0.722. The third kappa shape index (κ3) is 49.9. The molecule has 1 N–H and O–H groups in total. The van der Waals surface area contributed by atoms with Gasteiger partial charge in [0.15, 0.2) is 0 Å². The van der Waals surface area contributed by atoms with Crippen LogP contribution in [0.3, 0.4) is 0 Å². The van der Waals surface area contributed by atoms with E-state index in [1.54, 1.807) is 0 Å². The molecule has 0 aliphatic rings. The van der Waals surface area contributed by atoms with Gasteiger partial charge >= 0.3 is 71.5 Å². The molecule has 0 aromatic rings. The smallest absolute Gasteiger partial charge is 1.00 e. The first-order valence-corrected chi connectivity index (χ1v) is 4.24. The van der Waals surface area contributed by atoms with E-state index in [4.69, 9.17) is 13.7 Å². The van der Waals surface area contributed by atoms with E-state index in [1.807, 2.05) is 0 Å². The summed E-state index contributed by atoms with van der Waals surface area (Å²) in [6, 6.07) is 0. The first-order valence-electron chi connectivity index (χ1n) is 0.632. The van der Waals surface area contributed by atoms with E-state index in [-0.39, 0.29) is 75.4 Å². The Kier molecular flexibility index (Phi) is 16.6. The Hall–Kier alpha value is 2.94. The second kappa shape index (κ2) is 7.05. The molecule has 0 aliphatic heterocycles. The summed E-state index contributed by atoms with van der Waals surface area (Å²) in [5.74, 6) is 0. The zero-order valence-electron chi connectivity index (χ0n) is 3.43. The van der Waals surface area contributed by atoms with Gasteiger partial charge in [-0.3, -0.25) is 10.3 Å². The second-order valence-corrected chi connectivity index (χ2v) is 2.66. The molecule has 40 valence electrons. The molecular weight excluding hydrogens is 357 g/mol. The van der Waals surface area contributed by atoms with E-state index in [1.165, 1.54) is 0 Å². The van der Waals surface area contributed by atoms with Crippen LogP contribution in [0.2, 0.25) is 0 Å². The van der Waals surface area contributed by atoms with Crippen molar-refractivity contribution in [3.63, 3.8) is 0 Å². The van der Waals surface area contributed by atoms with E-state index in [0.29, 0.717) is 0 Å². The molecule has 0 rings (SSSR count). The molecule has 0 saturated heterocycles. The predicted molar refractivity (Wildman–Crippen MR) is 2.22 cm³/mol. The Morgan fingerprint density at radius 3 is 1.14 bits per heavy atom. The van der Waals surface area contributed by atoms with Crippen LogP contribution in [0.1, 0.15) is 0 Å². The molecule has 0 saturated carbocycles. The third-order valence-electron chi connectivity index (χ3n) is 0. The summed E-state index contributed by atoms with van der Waals surface area (Å²) in [6.45, 7) is 0. The molecule has 0 amide bonds. The van der Waals surface area contributed by atoms with Crippen LogP contribution in [-0.2, 0) is 0 Å². The van der Waals surface area contributed by atoms with E-state index in [2.05, 4.69) is 0 Å². The van der Waals surface area contributed by atoms with Crippen LogP contribution in [0, 0.1) is 0 Å². The topological polar surface area (TPSA) is 89.4 Å². The zero-order valence-corrected chi connectivity index (χ0v) is 10.9. The van der Waals surface area contributed by atoms with Crippen molar-refractivity contribution in [1.29, 1.82) is 0 Å². The molecule has 0 bridgehead atoms. The summed E-state index contributed by atoms with van der Waals surface area (Å²) < 4.78 is 33.2. The van der Waals surface area contributed by atoms with Gasteiger partial charge in [0.25, 0.3) is 0 Å². The predicted octanol–water partition coefficient (Wildman–Crippen LogP) is -13.1. The van der Waals surface area contributed by atoms with E-state index in [0.717, 1.165) is 0 Å². The Labute approximate surface area is 106 Å². The molecule has 0 aliphatic carbocycles. The van der Waals surface area contributed by atoms with Crippen molar-refractivity contribution in [2.75, 3.05) is 0 Å². The average molecular weight is 358 g/mol. The van der Waals surface area contributed by atoms with Crippen LogP contribution in [-0.4, -0.2) is 3.44 Å². The van der Waals surface area contributed by atoms with Crippen LogP contribution in [0.5, 0.6) is 0 Å². The number of halogens is 2. The third-order valence-corrected chi connectivity index (χ3v) is 0. The van der Waals surface area contributed by atoms with Crippen molar-refractivity contribution in [3.8, 4) is 0 Å². The van der Waals surface area contributed by atoms with Crippen molar-refractivity contribution in [3.05, 3.63) is 0 Å². The molecule has 0 radical (unpaired) electrons. The summed E-state index contributed by atoms with van der Waals surface area (Å²) in [5, 5.41) is 0. The SMILES string of the molecule is [I-].[K+].[O-][I+3]([O-])([O-])O. The van der Waals surface area contributed by atoms with Gasteiger partial charge in [0.2, 0.25) is 0 Å². The fraction of sp³-hybridized carbons (Fsp3) is 0. The van der Waals surface area contributed by atoms with Gasteiger partial charge in [-0.2, -0.15) is 0 Å². The maximum Gasteiger partial charge on any atom is 1.00 e. The summed E-state index contributed by atoms with van der Waals surface area (Å²) in [6.07, 6.45) is 0. The van der Waals surface area contributed by atoms with Crippen molar-refractivity contribution in [1.82, 2.24) is 0 Å². The normalized spacial score (nSPS) is 8.57. The Balaban J connectivity index is -0.0000000800. The van der Waals surface area contributed by atoms with E-state index in [9.17, 15) is 0 Å². The number of hydrogen-bond acceptors (Lipinski definition) is 4. The molecule has 0 atom stereocenters. The van der Waals surface area contributed by atoms with Crippen molar-refractivity contribution >= 4 is 0 Å². The molecule has 0 spiro atoms. The van der Waals surface area contributed by atoms with E-state index < -0.39 is 20.1 Å². The largest absolute Gasteiger partial charge is 1.00 e. The van der Waals surface area contributed by atoms with Crippen LogP contribution >= 0.6 is 0 Å². The summed E-state index contributed by atoms with van der Waals surface area (Å²) in [4.78, 5) is 0. The molecule has 0 unspecified atom stereocenters. The van der Waals surface area contributed by atoms with Gasteiger partial charge in [0.1, 0.15) is 0 Å². The van der Waals surface area contributed by atoms with Crippen LogP contribution < -0.4 is 106 Å². The minimum atomic E-state index is -5.69. The minimum Gasteiger partial charge on any atom is -1.00 e. The van der Waals surface area contributed by atoms with Crippen molar-refractivity contribution < 1.29 is 109 Å². The summed E-state index contributed by atoms with van der Waals surface area (Å²) >= 11 is -5.69. The first kappa shape index (κ1) is 16.5. The molecule has 7 heteroatoms. The van der Waals surface area contributed by atoms with Gasteiger partial charge in [0, 0.05) is 3.44 Å². The van der Waals surface area contributed by atoms with Crippen LogP contribution in [0.4, 0.5) is 0 Å². The number of rotatable bonds is 0. The standard InChI is InChI=1S/HIO4.HI.K/c2-1(3,4)5;;/h2H;1H;/q;;+1/p-1. The Bertz CT molecular complexity index is 25.2. The van der Waals surface area contributed by atoms with Crippen LogP contribution in [0.25, 0.3) is 0 Å². The van der Waals surface area contributed by atoms with Crippen molar-refractivity contribution in [2.45, 2.75) is 0 Å². The Morgan fingerprint density at radius 2 is 1.14 bits per heavy atom. The second-order valence-electron chi connectivity index (χ2n) is 0.396. The maximum absolute atomic E-state index is 8.73. The fourth-order valence-corrected chi connectivity index (χ4v) is 0. The van der Waals surface area contributed by atoms with Gasteiger partial charge < -0.3 is 24.0 Å². The monoisotopic (exact) mass is 358 g/mol. The van der Waals surface area contributed by atoms with Crippen molar-refractivity contribution in [2.24, 2.45) is 0 Å². The maximum atomic E-state index is 8.73. The van der Waals surface area contributed by atoms with Gasteiger partial charge in [-0.25, -0.2) is 0 Å². The van der Waals surface area contributed by atoms with Crippen LogP contribution in [0.15, 0.2) is 0 Å². The minimum absolute atomic E-state index is 0. The molecule has 4 nitrogen and oxygen atoms in total. The molecule has 7 heavy (non-hydrogen) atoms. The zero-order chi connectivity index (χ0) is 4.50. The molecular formula is HI2KO4. The molecule has 0 aromatic carbocycles. The quantitative estimate of drug-likeness (QED) is 0.344. The fourth-order valence-electron chi connectivity index (χ4n) is 0. The molecule has 0 heterocycles.